The Balaban J connectivity index is 2.80. The third-order valence-electron chi connectivity index (χ3n) is 2.06. The van der Waals surface area contributed by atoms with Gasteiger partial charge in [-0.25, -0.2) is 0 Å². The summed E-state index contributed by atoms with van der Waals surface area (Å²) in [6.07, 6.45) is 0. The Morgan fingerprint density at radius 2 is 2.15 bits per heavy atom. The highest BCUT2D eigenvalue weighted by Gasteiger charge is 2.06. The van der Waals surface area contributed by atoms with Gasteiger partial charge in [0.2, 0.25) is 0 Å². The van der Waals surface area contributed by atoms with Crippen molar-refractivity contribution in [1.82, 2.24) is 0 Å². The number of benzene rings is 1. The lowest BCUT2D eigenvalue weighted by atomic mass is 10.1. The van der Waals surface area contributed by atoms with Gasteiger partial charge in [-0.2, -0.15) is 0 Å². The second-order valence-electron chi connectivity index (χ2n) is 3.02. The van der Waals surface area contributed by atoms with Gasteiger partial charge in [-0.05, 0) is 24.6 Å². The van der Waals surface area contributed by atoms with Crippen LogP contribution in [0.25, 0.3) is 10.1 Å². The van der Waals surface area contributed by atoms with E-state index in [-0.39, 0.29) is 12.4 Å². The highest BCUT2D eigenvalue weighted by atomic mass is 32.1. The summed E-state index contributed by atoms with van der Waals surface area (Å²) in [6, 6.07) is 5.41. The topological polar surface area (TPSA) is 40.5 Å². The first kappa shape index (κ1) is 8.53. The number of hydrogen-bond donors (Lipinski definition) is 2. The molecule has 0 aliphatic carbocycles. The number of aliphatic hydroxyl groups is 1. The Labute approximate surface area is 80.1 Å². The Morgan fingerprint density at radius 3 is 2.77 bits per heavy atom. The summed E-state index contributed by atoms with van der Waals surface area (Å²) in [6.45, 7) is 2.04. The number of thiophene rings is 1. The molecule has 1 heterocycles. The number of aromatic hydroxyl groups is 1. The smallest absolute Gasteiger partial charge is 0.124 e. The molecule has 13 heavy (non-hydrogen) atoms. The number of hydrogen-bond acceptors (Lipinski definition) is 3. The Bertz CT molecular complexity index is 406. The molecule has 0 spiro atoms. The molecule has 2 rings (SSSR count). The normalized spacial score (nSPS) is 10.9. The monoisotopic (exact) mass is 194 g/mol. The molecular formula is C10H10O2S. The van der Waals surface area contributed by atoms with Gasteiger partial charge in [-0.1, -0.05) is 6.07 Å². The summed E-state index contributed by atoms with van der Waals surface area (Å²) in [5.41, 5.74) is 1.14. The molecule has 2 aromatic rings. The molecule has 3 heteroatoms. The number of rotatable bonds is 1. The maximum absolute atomic E-state index is 9.53. The van der Waals surface area contributed by atoms with Crippen LogP contribution < -0.4 is 0 Å². The maximum Gasteiger partial charge on any atom is 0.124 e. The van der Waals surface area contributed by atoms with E-state index in [9.17, 15) is 5.11 Å². The number of aliphatic hydroxyl groups excluding tert-OH is 1. The molecule has 1 aromatic heterocycles. The van der Waals surface area contributed by atoms with E-state index in [1.807, 2.05) is 19.1 Å². The second kappa shape index (κ2) is 3.01. The summed E-state index contributed by atoms with van der Waals surface area (Å²) >= 11 is 1.53. The van der Waals surface area contributed by atoms with Crippen LogP contribution in [0.5, 0.6) is 5.75 Å². The van der Waals surface area contributed by atoms with Gasteiger partial charge in [-0.15, -0.1) is 11.3 Å². The highest BCUT2D eigenvalue weighted by Crippen LogP contribution is 2.34. The van der Waals surface area contributed by atoms with Crippen molar-refractivity contribution in [3.05, 3.63) is 28.6 Å². The van der Waals surface area contributed by atoms with Crippen molar-refractivity contribution in [1.29, 1.82) is 0 Å². The lowest BCUT2D eigenvalue weighted by molar-refractivity contribution is 0.285. The third kappa shape index (κ3) is 1.30. The van der Waals surface area contributed by atoms with Crippen molar-refractivity contribution in [2.24, 2.45) is 0 Å². The molecule has 0 bridgehead atoms. The zero-order valence-corrected chi connectivity index (χ0v) is 8.06. The molecule has 1 aromatic carbocycles. The van der Waals surface area contributed by atoms with E-state index in [0.717, 1.165) is 20.5 Å². The molecule has 0 aliphatic heterocycles. The fourth-order valence-electron chi connectivity index (χ4n) is 1.37. The number of phenolic OH excluding ortho intramolecular Hbond substituents is 1. The molecule has 0 saturated heterocycles. The van der Waals surface area contributed by atoms with Crippen LogP contribution in [0.4, 0.5) is 0 Å². The van der Waals surface area contributed by atoms with E-state index >= 15 is 0 Å². The maximum atomic E-state index is 9.53. The minimum atomic E-state index is 0.0399. The van der Waals surface area contributed by atoms with Crippen LogP contribution in [0, 0.1) is 6.92 Å². The lowest BCUT2D eigenvalue weighted by Crippen LogP contribution is -1.71. The van der Waals surface area contributed by atoms with Gasteiger partial charge in [0, 0.05) is 15.0 Å². The van der Waals surface area contributed by atoms with E-state index in [4.69, 9.17) is 5.11 Å². The van der Waals surface area contributed by atoms with Crippen LogP contribution in [0.1, 0.15) is 10.4 Å². The molecule has 0 amide bonds. The van der Waals surface area contributed by atoms with E-state index in [1.54, 1.807) is 6.07 Å². The molecule has 0 atom stereocenters. The van der Waals surface area contributed by atoms with Crippen molar-refractivity contribution in [2.75, 3.05) is 0 Å². The fraction of sp³-hybridized carbons (Fsp3) is 0.200. The van der Waals surface area contributed by atoms with E-state index in [1.165, 1.54) is 11.3 Å². The van der Waals surface area contributed by atoms with Gasteiger partial charge in [-0.3, -0.25) is 0 Å². The summed E-state index contributed by atoms with van der Waals surface area (Å²) in [5.74, 6) is 0.288. The van der Waals surface area contributed by atoms with Crippen LogP contribution in [-0.4, -0.2) is 10.2 Å². The SMILES string of the molecule is Cc1ccc(O)c2cc(CO)sc12. The largest absolute Gasteiger partial charge is 0.507 e. The molecule has 0 aliphatic rings. The first-order valence-electron chi connectivity index (χ1n) is 4.04. The van der Waals surface area contributed by atoms with Crippen LogP contribution in [0.15, 0.2) is 18.2 Å². The fourth-order valence-corrected chi connectivity index (χ4v) is 2.38. The number of phenols is 1. The van der Waals surface area contributed by atoms with Crippen molar-refractivity contribution in [3.8, 4) is 5.75 Å². The first-order valence-corrected chi connectivity index (χ1v) is 4.86. The molecule has 0 fully saturated rings. The molecule has 68 valence electrons. The standard InChI is InChI=1S/C10H10O2S/c1-6-2-3-9(12)8-4-7(5-11)13-10(6)8/h2-4,11-12H,5H2,1H3. The van der Waals surface area contributed by atoms with Gasteiger partial charge in [0.05, 0.1) is 6.61 Å². The van der Waals surface area contributed by atoms with Crippen molar-refractivity contribution < 1.29 is 10.2 Å². The summed E-state index contributed by atoms with van der Waals surface area (Å²) < 4.78 is 1.06. The van der Waals surface area contributed by atoms with Gasteiger partial charge in [0.25, 0.3) is 0 Å². The summed E-state index contributed by atoms with van der Waals surface area (Å²) in [5, 5.41) is 19.3. The van der Waals surface area contributed by atoms with Gasteiger partial charge < -0.3 is 10.2 Å². The van der Waals surface area contributed by atoms with Crippen LogP contribution in [0.3, 0.4) is 0 Å². The summed E-state index contributed by atoms with van der Waals surface area (Å²) in [4.78, 5) is 0.889. The minimum absolute atomic E-state index is 0.0399. The molecule has 2 N–H and O–H groups in total. The third-order valence-corrected chi connectivity index (χ3v) is 3.32. The predicted octanol–water partition coefficient (Wildman–Crippen LogP) is 2.41. The van der Waals surface area contributed by atoms with Crippen LogP contribution >= 0.6 is 11.3 Å². The van der Waals surface area contributed by atoms with Crippen molar-refractivity contribution in [2.45, 2.75) is 13.5 Å². The highest BCUT2D eigenvalue weighted by molar-refractivity contribution is 7.19. The summed E-state index contributed by atoms with van der Waals surface area (Å²) in [7, 11) is 0. The average Bonchev–Trinajstić information content (AvgIpc) is 2.56. The van der Waals surface area contributed by atoms with Gasteiger partial charge in [0.15, 0.2) is 0 Å². The van der Waals surface area contributed by atoms with Gasteiger partial charge in [0.1, 0.15) is 5.75 Å². The second-order valence-corrected chi connectivity index (χ2v) is 4.15. The van der Waals surface area contributed by atoms with Crippen LogP contribution in [-0.2, 0) is 6.61 Å². The first-order chi connectivity index (χ1) is 6.22. The van der Waals surface area contributed by atoms with Gasteiger partial charge >= 0.3 is 0 Å². The zero-order chi connectivity index (χ0) is 9.42. The van der Waals surface area contributed by atoms with E-state index in [0.29, 0.717) is 0 Å². The quantitative estimate of drug-likeness (QED) is 0.731. The molecule has 2 nitrogen and oxygen atoms in total. The van der Waals surface area contributed by atoms with E-state index < -0.39 is 0 Å². The Kier molecular flexibility index (Phi) is 1.98. The minimum Gasteiger partial charge on any atom is -0.507 e. The van der Waals surface area contributed by atoms with E-state index in [2.05, 4.69) is 0 Å². The molecule has 0 radical (unpaired) electrons. The van der Waals surface area contributed by atoms with Crippen molar-refractivity contribution >= 4 is 21.4 Å². The number of fused-ring (bicyclic) bond motifs is 1. The zero-order valence-electron chi connectivity index (χ0n) is 7.24. The van der Waals surface area contributed by atoms with Crippen LogP contribution in [0.2, 0.25) is 0 Å². The molecular weight excluding hydrogens is 184 g/mol. The molecule has 0 unspecified atom stereocenters. The lowest BCUT2D eigenvalue weighted by Gasteiger charge is -1.96. The Morgan fingerprint density at radius 1 is 1.38 bits per heavy atom. The Hall–Kier alpha value is -1.06. The molecule has 0 saturated carbocycles. The predicted molar refractivity (Wildman–Crippen MR) is 54.1 cm³/mol. The average molecular weight is 194 g/mol. The van der Waals surface area contributed by atoms with Crippen molar-refractivity contribution in [3.63, 3.8) is 0 Å². The number of aryl methyl sites for hydroxylation is 1.